The van der Waals surface area contributed by atoms with Crippen molar-refractivity contribution in [2.24, 2.45) is 0 Å². The van der Waals surface area contributed by atoms with Crippen molar-refractivity contribution in [2.75, 3.05) is 5.06 Å². The normalized spacial score (nSPS) is 10.8. The predicted octanol–water partition coefficient (Wildman–Crippen LogP) is 7.63. The average molecular weight is 393 g/mol. The Hall–Kier alpha value is -3.36. The first-order chi connectivity index (χ1) is 14.7. The van der Waals surface area contributed by atoms with E-state index in [1.54, 1.807) is 0 Å². The molecule has 0 saturated carbocycles. The Morgan fingerprint density at radius 3 is 1.00 bits per heavy atom. The molecule has 0 aromatic heterocycles. The SMILES string of the molecule is CCc1ccc(-c2ccc(N([O])c3ccc(-c4ccc(CC)cc4)cc3)cc2)cc1. The molecule has 4 aromatic carbocycles. The van der Waals surface area contributed by atoms with Crippen molar-refractivity contribution in [1.29, 1.82) is 0 Å². The quantitative estimate of drug-likeness (QED) is 0.309. The summed E-state index contributed by atoms with van der Waals surface area (Å²) in [5, 5.41) is 13.8. The Balaban J connectivity index is 1.50. The molecule has 149 valence electrons. The number of benzene rings is 4. The van der Waals surface area contributed by atoms with Crippen LogP contribution in [0.15, 0.2) is 97.1 Å². The first kappa shape index (κ1) is 19.9. The smallest absolute Gasteiger partial charge is 0.0727 e. The Morgan fingerprint density at radius 2 is 0.733 bits per heavy atom. The zero-order valence-electron chi connectivity index (χ0n) is 17.5. The molecule has 0 aliphatic carbocycles. The lowest BCUT2D eigenvalue weighted by Crippen LogP contribution is -2.07. The van der Waals surface area contributed by atoms with Gasteiger partial charge in [0.25, 0.3) is 0 Å². The highest BCUT2D eigenvalue weighted by atomic mass is 16.5. The molecule has 1 radical (unpaired) electrons. The highest BCUT2D eigenvalue weighted by Crippen LogP contribution is 2.29. The summed E-state index contributed by atoms with van der Waals surface area (Å²) < 4.78 is 0. The van der Waals surface area contributed by atoms with Crippen LogP contribution in [-0.4, -0.2) is 0 Å². The zero-order valence-corrected chi connectivity index (χ0v) is 17.5. The molecule has 0 bridgehead atoms. The minimum absolute atomic E-state index is 0.629. The first-order valence-electron chi connectivity index (χ1n) is 10.5. The summed E-state index contributed by atoms with van der Waals surface area (Å²) in [5.41, 5.74) is 8.45. The van der Waals surface area contributed by atoms with Crippen LogP contribution in [0.5, 0.6) is 0 Å². The number of nitrogens with zero attached hydrogens (tertiary/aromatic N) is 1. The van der Waals surface area contributed by atoms with Crippen molar-refractivity contribution < 1.29 is 5.21 Å². The monoisotopic (exact) mass is 392 g/mol. The van der Waals surface area contributed by atoms with E-state index in [1.165, 1.54) is 11.1 Å². The van der Waals surface area contributed by atoms with Crippen LogP contribution in [0.25, 0.3) is 22.3 Å². The van der Waals surface area contributed by atoms with Gasteiger partial charge in [-0.25, -0.2) is 0 Å². The van der Waals surface area contributed by atoms with Crippen LogP contribution in [0.3, 0.4) is 0 Å². The van der Waals surface area contributed by atoms with E-state index in [4.69, 9.17) is 0 Å². The summed E-state index contributed by atoms with van der Waals surface area (Å²) in [4.78, 5) is 0. The standard InChI is InChI=1S/C28H26NO/c1-3-21-5-9-23(10-6-21)25-13-17-27(18-14-25)29(30)28-19-15-26(16-20-28)24-11-7-22(4-2)8-12-24/h5-20H,3-4H2,1-2H3. The topological polar surface area (TPSA) is 23.1 Å². The second-order valence-corrected chi connectivity index (χ2v) is 7.49. The van der Waals surface area contributed by atoms with Crippen molar-refractivity contribution in [3.63, 3.8) is 0 Å². The molecule has 2 nitrogen and oxygen atoms in total. The van der Waals surface area contributed by atoms with Gasteiger partial charge in [0, 0.05) is 0 Å². The van der Waals surface area contributed by atoms with E-state index in [1.807, 2.05) is 48.5 Å². The Labute approximate surface area is 179 Å². The maximum absolute atomic E-state index is 12.8. The van der Waals surface area contributed by atoms with E-state index in [-0.39, 0.29) is 0 Å². The summed E-state index contributed by atoms with van der Waals surface area (Å²) >= 11 is 0. The van der Waals surface area contributed by atoms with Gasteiger partial charge in [0.05, 0.1) is 11.4 Å². The molecule has 0 heterocycles. The molecule has 0 spiro atoms. The van der Waals surface area contributed by atoms with Gasteiger partial charge in [0.15, 0.2) is 0 Å². The number of anilines is 2. The third-order valence-electron chi connectivity index (χ3n) is 5.59. The molecule has 0 unspecified atom stereocenters. The van der Waals surface area contributed by atoms with E-state index in [0.717, 1.165) is 40.2 Å². The van der Waals surface area contributed by atoms with Crippen molar-refractivity contribution in [3.8, 4) is 22.3 Å². The van der Waals surface area contributed by atoms with Crippen molar-refractivity contribution >= 4 is 11.4 Å². The van der Waals surface area contributed by atoms with Crippen LogP contribution in [0.1, 0.15) is 25.0 Å². The molecule has 0 fully saturated rings. The number of hydrogen-bond acceptors (Lipinski definition) is 1. The lowest BCUT2D eigenvalue weighted by atomic mass is 10.0. The maximum atomic E-state index is 12.8. The largest absolute Gasteiger partial charge is 0.188 e. The summed E-state index contributed by atoms with van der Waals surface area (Å²) in [6.07, 6.45) is 2.07. The van der Waals surface area contributed by atoms with Crippen LogP contribution in [0.2, 0.25) is 0 Å². The second kappa shape index (κ2) is 8.98. The Morgan fingerprint density at radius 1 is 0.467 bits per heavy atom. The zero-order chi connectivity index (χ0) is 20.9. The van der Waals surface area contributed by atoms with Gasteiger partial charge in [-0.3, -0.25) is 0 Å². The molecule has 0 aliphatic heterocycles. The van der Waals surface area contributed by atoms with Gasteiger partial charge >= 0.3 is 0 Å². The molecular weight excluding hydrogens is 366 g/mol. The van der Waals surface area contributed by atoms with Crippen molar-refractivity contribution in [1.82, 2.24) is 0 Å². The summed E-state index contributed by atoms with van der Waals surface area (Å²) in [5.74, 6) is 0. The lowest BCUT2D eigenvalue weighted by molar-refractivity contribution is 0.196. The number of rotatable bonds is 6. The molecule has 0 atom stereocenters. The van der Waals surface area contributed by atoms with Crippen LogP contribution < -0.4 is 5.06 Å². The number of hydrogen-bond donors (Lipinski definition) is 0. The van der Waals surface area contributed by atoms with Gasteiger partial charge in [-0.1, -0.05) is 91.9 Å². The Bertz CT molecular complexity index is 988. The van der Waals surface area contributed by atoms with Gasteiger partial charge in [0.1, 0.15) is 0 Å². The molecule has 0 saturated heterocycles. The fraction of sp³-hybridized carbons (Fsp3) is 0.143. The summed E-state index contributed by atoms with van der Waals surface area (Å²) in [6.45, 7) is 4.31. The Kier molecular flexibility index (Phi) is 5.97. The molecule has 4 aromatic rings. The maximum Gasteiger partial charge on any atom is 0.0727 e. The van der Waals surface area contributed by atoms with Gasteiger partial charge in [-0.05, 0) is 70.5 Å². The summed E-state index contributed by atoms with van der Waals surface area (Å²) in [6, 6.07) is 32.7. The second-order valence-electron chi connectivity index (χ2n) is 7.49. The molecule has 30 heavy (non-hydrogen) atoms. The molecule has 4 rings (SSSR count). The van der Waals surface area contributed by atoms with E-state index < -0.39 is 0 Å². The van der Waals surface area contributed by atoms with E-state index in [9.17, 15) is 5.21 Å². The average Bonchev–Trinajstić information content (AvgIpc) is 2.84. The summed E-state index contributed by atoms with van der Waals surface area (Å²) in [7, 11) is 0. The fourth-order valence-electron chi connectivity index (χ4n) is 3.59. The van der Waals surface area contributed by atoms with Crippen LogP contribution >= 0.6 is 0 Å². The molecule has 0 aliphatic rings. The van der Waals surface area contributed by atoms with Crippen molar-refractivity contribution in [3.05, 3.63) is 108 Å². The molecule has 0 N–H and O–H groups in total. The number of aryl methyl sites for hydroxylation is 2. The minimum atomic E-state index is 0.629. The van der Waals surface area contributed by atoms with Crippen LogP contribution in [-0.2, 0) is 18.0 Å². The van der Waals surface area contributed by atoms with Gasteiger partial charge in [-0.2, -0.15) is 5.06 Å². The third-order valence-corrected chi connectivity index (χ3v) is 5.59. The van der Waals surface area contributed by atoms with Crippen LogP contribution in [0.4, 0.5) is 11.4 Å². The molecule has 2 heteroatoms. The third kappa shape index (κ3) is 4.29. The van der Waals surface area contributed by atoms with E-state index >= 15 is 0 Å². The van der Waals surface area contributed by atoms with Crippen molar-refractivity contribution in [2.45, 2.75) is 26.7 Å². The fourth-order valence-corrected chi connectivity index (χ4v) is 3.59. The minimum Gasteiger partial charge on any atom is -0.188 e. The van der Waals surface area contributed by atoms with Gasteiger partial charge in [0.2, 0.25) is 0 Å². The highest BCUT2D eigenvalue weighted by molar-refractivity contribution is 5.71. The van der Waals surface area contributed by atoms with E-state index in [2.05, 4.69) is 62.4 Å². The van der Waals surface area contributed by atoms with E-state index in [0.29, 0.717) is 11.4 Å². The van der Waals surface area contributed by atoms with Crippen LogP contribution in [0, 0.1) is 0 Å². The van der Waals surface area contributed by atoms with Gasteiger partial charge in [-0.15, -0.1) is 0 Å². The van der Waals surface area contributed by atoms with Gasteiger partial charge < -0.3 is 0 Å². The first-order valence-corrected chi connectivity index (χ1v) is 10.5. The highest BCUT2D eigenvalue weighted by Gasteiger charge is 2.09. The lowest BCUT2D eigenvalue weighted by Gasteiger charge is -2.15. The predicted molar refractivity (Wildman–Crippen MR) is 125 cm³/mol. The molecular formula is C28H26NO. The molecule has 0 amide bonds.